The zero-order valence-electron chi connectivity index (χ0n) is 21.7. The Balaban J connectivity index is 1.48. The molecule has 10 nitrogen and oxygen atoms in total. The lowest BCUT2D eigenvalue weighted by Crippen LogP contribution is -2.36. The molecule has 1 aliphatic rings. The lowest BCUT2D eigenvalue weighted by atomic mass is 10.00. The molecular formula is C27H30N6O4S. The number of aryl methyl sites for hydroxylation is 3. The molecule has 0 radical (unpaired) electrons. The summed E-state index contributed by atoms with van der Waals surface area (Å²) in [4.78, 5) is 11.2. The highest BCUT2D eigenvalue weighted by molar-refractivity contribution is 7.92. The van der Waals surface area contributed by atoms with Crippen LogP contribution in [0.2, 0.25) is 0 Å². The number of rotatable bonds is 7. The second-order valence-corrected chi connectivity index (χ2v) is 11.1. The van der Waals surface area contributed by atoms with Crippen LogP contribution in [0.1, 0.15) is 22.7 Å². The molecule has 1 fully saturated rings. The van der Waals surface area contributed by atoms with Gasteiger partial charge < -0.3 is 9.47 Å². The highest BCUT2D eigenvalue weighted by Gasteiger charge is 2.22. The first-order valence-electron chi connectivity index (χ1n) is 12.2. The largest absolute Gasteiger partial charge is 0.439 e. The molecule has 0 saturated carbocycles. The summed E-state index contributed by atoms with van der Waals surface area (Å²) in [6.45, 7) is 6.21. The minimum Gasteiger partial charge on any atom is -0.439 e. The van der Waals surface area contributed by atoms with Crippen molar-refractivity contribution in [3.05, 3.63) is 77.6 Å². The number of ether oxygens (including phenoxy) is 2. The van der Waals surface area contributed by atoms with E-state index in [1.807, 2.05) is 56.3 Å². The van der Waals surface area contributed by atoms with E-state index in [1.165, 1.54) is 17.1 Å². The minimum absolute atomic E-state index is 0.00999. The highest BCUT2D eigenvalue weighted by atomic mass is 32.2. The SMILES string of the molecule is Cc1cccc(C)c1-c1cc(Oc2ccc(C3COCCN3C)cc2)nc(NS(=O)(=O)c2cnn(C)c2)n1. The van der Waals surface area contributed by atoms with Gasteiger partial charge in [0.1, 0.15) is 10.6 Å². The third kappa shape index (κ3) is 5.54. The monoisotopic (exact) mass is 534 g/mol. The number of nitrogens with zero attached hydrogens (tertiary/aromatic N) is 5. The normalized spacial score (nSPS) is 16.4. The van der Waals surface area contributed by atoms with E-state index in [1.54, 1.807) is 13.1 Å². The summed E-state index contributed by atoms with van der Waals surface area (Å²) in [6, 6.07) is 15.6. The fraction of sp³-hybridized carbons (Fsp3) is 0.296. The molecule has 0 aliphatic carbocycles. The standard InChI is InChI=1S/C27H30N6O4S/c1-18-6-5-7-19(2)26(18)23-14-25(30-27(29-23)31-38(34,35)22-15-28-33(4)16-22)37-21-10-8-20(9-11-21)24-17-36-13-12-32(24)3/h5-11,14-16,24H,12-13,17H2,1-4H3,(H,29,30,31). The van der Waals surface area contributed by atoms with Crippen molar-refractivity contribution in [2.75, 3.05) is 31.5 Å². The van der Waals surface area contributed by atoms with Crippen LogP contribution in [0.4, 0.5) is 5.95 Å². The summed E-state index contributed by atoms with van der Waals surface area (Å²) in [5, 5.41) is 3.95. The van der Waals surface area contributed by atoms with Gasteiger partial charge in [-0.05, 0) is 49.7 Å². The number of likely N-dealkylation sites (N-methyl/N-ethyl adjacent to an activating group) is 1. The van der Waals surface area contributed by atoms with Crippen LogP contribution in [-0.4, -0.2) is 59.9 Å². The van der Waals surface area contributed by atoms with E-state index in [2.05, 4.69) is 31.7 Å². The molecule has 11 heteroatoms. The zero-order valence-corrected chi connectivity index (χ0v) is 22.6. The van der Waals surface area contributed by atoms with Crippen molar-refractivity contribution in [2.24, 2.45) is 7.05 Å². The number of hydrogen-bond donors (Lipinski definition) is 1. The van der Waals surface area contributed by atoms with Gasteiger partial charge in [-0.1, -0.05) is 30.3 Å². The molecule has 3 heterocycles. The molecule has 38 heavy (non-hydrogen) atoms. The summed E-state index contributed by atoms with van der Waals surface area (Å²) in [6.07, 6.45) is 2.68. The molecule has 1 N–H and O–H groups in total. The second-order valence-electron chi connectivity index (χ2n) is 9.38. The summed E-state index contributed by atoms with van der Waals surface area (Å²) < 4.78 is 41.6. The molecule has 4 aromatic rings. The maximum absolute atomic E-state index is 13.0. The average Bonchev–Trinajstić information content (AvgIpc) is 3.32. The Hall–Kier alpha value is -3.80. The van der Waals surface area contributed by atoms with Crippen molar-refractivity contribution in [3.63, 3.8) is 0 Å². The van der Waals surface area contributed by atoms with Crippen LogP contribution in [0, 0.1) is 13.8 Å². The molecule has 1 saturated heterocycles. The Morgan fingerprint density at radius 3 is 2.45 bits per heavy atom. The van der Waals surface area contributed by atoms with Crippen LogP contribution in [0.25, 0.3) is 11.3 Å². The maximum atomic E-state index is 13.0. The summed E-state index contributed by atoms with van der Waals surface area (Å²) in [7, 11) is -0.224. The van der Waals surface area contributed by atoms with E-state index in [9.17, 15) is 8.42 Å². The van der Waals surface area contributed by atoms with Crippen molar-refractivity contribution >= 4 is 16.0 Å². The third-order valence-corrected chi connectivity index (χ3v) is 7.82. The number of sulfonamides is 1. The van der Waals surface area contributed by atoms with Gasteiger partial charge in [-0.2, -0.15) is 10.1 Å². The number of hydrogen-bond acceptors (Lipinski definition) is 8. The van der Waals surface area contributed by atoms with Gasteiger partial charge in [0.15, 0.2) is 0 Å². The first kappa shape index (κ1) is 25.8. The van der Waals surface area contributed by atoms with Crippen molar-refractivity contribution in [2.45, 2.75) is 24.8 Å². The molecule has 1 atom stereocenters. The number of aromatic nitrogens is 4. The van der Waals surface area contributed by atoms with Gasteiger partial charge in [-0.25, -0.2) is 18.1 Å². The summed E-state index contributed by atoms with van der Waals surface area (Å²) >= 11 is 0. The van der Waals surface area contributed by atoms with Gasteiger partial charge in [0.25, 0.3) is 10.0 Å². The Morgan fingerprint density at radius 1 is 1.05 bits per heavy atom. The minimum atomic E-state index is -3.96. The summed E-state index contributed by atoms with van der Waals surface area (Å²) in [5.41, 5.74) is 4.56. The van der Waals surface area contributed by atoms with Crippen molar-refractivity contribution in [3.8, 4) is 22.9 Å². The molecule has 0 bridgehead atoms. The molecule has 198 valence electrons. The third-order valence-electron chi connectivity index (χ3n) is 6.54. The van der Waals surface area contributed by atoms with Crippen molar-refractivity contribution < 1.29 is 17.9 Å². The molecule has 0 amide bonds. The first-order valence-corrected chi connectivity index (χ1v) is 13.7. The van der Waals surface area contributed by atoms with Crippen LogP contribution in [0.15, 0.2) is 65.8 Å². The molecule has 2 aromatic heterocycles. The van der Waals surface area contributed by atoms with Gasteiger partial charge in [-0.15, -0.1) is 0 Å². The second kappa shape index (κ2) is 10.5. The maximum Gasteiger partial charge on any atom is 0.267 e. The fourth-order valence-corrected chi connectivity index (χ4v) is 5.43. The average molecular weight is 535 g/mol. The van der Waals surface area contributed by atoms with Crippen LogP contribution in [-0.2, 0) is 21.8 Å². The first-order chi connectivity index (χ1) is 18.2. The topological polar surface area (TPSA) is 111 Å². The highest BCUT2D eigenvalue weighted by Crippen LogP contribution is 2.32. The molecule has 5 rings (SSSR count). The van der Waals surface area contributed by atoms with E-state index in [0.717, 1.165) is 35.4 Å². The van der Waals surface area contributed by atoms with Crippen LogP contribution < -0.4 is 9.46 Å². The lowest BCUT2D eigenvalue weighted by Gasteiger charge is -2.32. The zero-order chi connectivity index (χ0) is 26.9. The molecule has 1 unspecified atom stereocenters. The Labute approximate surface area is 222 Å². The number of benzene rings is 2. The smallest absolute Gasteiger partial charge is 0.267 e. The fourth-order valence-electron chi connectivity index (χ4n) is 4.50. The predicted octanol–water partition coefficient (Wildman–Crippen LogP) is 4.09. The van der Waals surface area contributed by atoms with Gasteiger partial charge in [0.2, 0.25) is 11.8 Å². The number of morpholine rings is 1. The molecule has 0 spiro atoms. The van der Waals surface area contributed by atoms with Crippen LogP contribution in [0.5, 0.6) is 11.6 Å². The van der Waals surface area contributed by atoms with E-state index >= 15 is 0 Å². The van der Waals surface area contributed by atoms with Crippen LogP contribution >= 0.6 is 0 Å². The van der Waals surface area contributed by atoms with Gasteiger partial charge in [0.05, 0.1) is 31.1 Å². The predicted molar refractivity (Wildman–Crippen MR) is 144 cm³/mol. The molecular weight excluding hydrogens is 504 g/mol. The Kier molecular flexibility index (Phi) is 7.15. The van der Waals surface area contributed by atoms with Crippen molar-refractivity contribution in [1.82, 2.24) is 24.6 Å². The molecule has 2 aromatic carbocycles. The van der Waals surface area contributed by atoms with E-state index < -0.39 is 10.0 Å². The van der Waals surface area contributed by atoms with Gasteiger partial charge in [0, 0.05) is 31.4 Å². The summed E-state index contributed by atoms with van der Waals surface area (Å²) in [5.74, 6) is 0.689. The number of anilines is 1. The van der Waals surface area contributed by atoms with Crippen LogP contribution in [0.3, 0.4) is 0 Å². The van der Waals surface area contributed by atoms with Crippen molar-refractivity contribution in [1.29, 1.82) is 0 Å². The van der Waals surface area contributed by atoms with E-state index in [-0.39, 0.29) is 22.8 Å². The molecule has 1 aliphatic heterocycles. The van der Waals surface area contributed by atoms with E-state index in [4.69, 9.17) is 9.47 Å². The number of nitrogens with one attached hydrogen (secondary N) is 1. The Morgan fingerprint density at radius 2 is 1.79 bits per heavy atom. The quantitative estimate of drug-likeness (QED) is 0.377. The Bertz CT molecular complexity index is 1530. The lowest BCUT2D eigenvalue weighted by molar-refractivity contribution is 0.00504. The van der Waals surface area contributed by atoms with Gasteiger partial charge >= 0.3 is 0 Å². The van der Waals surface area contributed by atoms with E-state index in [0.29, 0.717) is 18.1 Å². The van der Waals surface area contributed by atoms with Gasteiger partial charge in [-0.3, -0.25) is 9.58 Å².